The van der Waals surface area contributed by atoms with Crippen molar-refractivity contribution in [2.24, 2.45) is 5.92 Å². The molecule has 2 aliphatic rings. The molecule has 1 fully saturated rings. The largest absolute Gasteiger partial charge is 0.491 e. The number of fused-ring (bicyclic) bond motifs is 1. The van der Waals surface area contributed by atoms with Crippen molar-refractivity contribution < 1.29 is 4.74 Å². The lowest BCUT2D eigenvalue weighted by Crippen LogP contribution is -2.35. The van der Waals surface area contributed by atoms with Gasteiger partial charge in [0.05, 0.1) is 6.04 Å². The fraction of sp³-hybridized carbons (Fsp3) is 0.571. The van der Waals surface area contributed by atoms with Crippen LogP contribution in [0, 0.1) is 5.92 Å². The number of para-hydroxylation sites is 1. The normalized spacial score (nSPS) is 23.0. The smallest absolute Gasteiger partial charge is 0.124 e. The quantitative estimate of drug-likeness (QED) is 0.881. The second kappa shape index (κ2) is 6.41. The lowest BCUT2D eigenvalue weighted by Gasteiger charge is -2.24. The molecule has 1 unspecified atom stereocenters. The average molecular weight is 269 g/mol. The Hall–Kier alpha value is -0.770. The van der Waals surface area contributed by atoms with E-state index in [1.54, 1.807) is 0 Å². The van der Waals surface area contributed by atoms with Gasteiger partial charge in [-0.15, -0.1) is 12.4 Å². The fourth-order valence-electron chi connectivity index (χ4n) is 2.73. The molecule has 4 heteroatoms. The summed E-state index contributed by atoms with van der Waals surface area (Å²) in [6.45, 7) is 4.24. The van der Waals surface area contributed by atoms with E-state index < -0.39 is 0 Å². The molecule has 18 heavy (non-hydrogen) atoms. The monoisotopic (exact) mass is 268 g/mol. The molecule has 0 saturated carbocycles. The number of benzene rings is 1. The molecule has 2 aliphatic heterocycles. The maximum atomic E-state index is 5.68. The van der Waals surface area contributed by atoms with E-state index in [0.717, 1.165) is 24.8 Å². The minimum atomic E-state index is 0. The third kappa shape index (κ3) is 2.97. The summed E-state index contributed by atoms with van der Waals surface area (Å²) in [4.78, 5) is 0. The van der Waals surface area contributed by atoms with Crippen LogP contribution < -0.4 is 15.4 Å². The highest BCUT2D eigenvalue weighted by Crippen LogP contribution is 2.31. The molecular formula is C14H21ClN2O. The lowest BCUT2D eigenvalue weighted by atomic mass is 9.97. The van der Waals surface area contributed by atoms with Crippen molar-refractivity contribution >= 4 is 12.4 Å². The lowest BCUT2D eigenvalue weighted by molar-refractivity contribution is 0.288. The van der Waals surface area contributed by atoms with E-state index in [-0.39, 0.29) is 12.4 Å². The highest BCUT2D eigenvalue weighted by atomic mass is 35.5. The van der Waals surface area contributed by atoms with Gasteiger partial charge in [-0.3, -0.25) is 0 Å². The van der Waals surface area contributed by atoms with Crippen LogP contribution in [0.3, 0.4) is 0 Å². The summed E-state index contributed by atoms with van der Waals surface area (Å²) in [5.74, 6) is 1.87. The van der Waals surface area contributed by atoms with Gasteiger partial charge in [0, 0.05) is 5.56 Å². The van der Waals surface area contributed by atoms with Crippen LogP contribution in [-0.4, -0.2) is 26.2 Å². The van der Waals surface area contributed by atoms with E-state index in [4.69, 9.17) is 4.74 Å². The Kier molecular flexibility index (Phi) is 4.87. The van der Waals surface area contributed by atoms with Gasteiger partial charge < -0.3 is 15.4 Å². The number of halogens is 1. The van der Waals surface area contributed by atoms with Crippen molar-refractivity contribution in [3.8, 4) is 5.75 Å². The SMILES string of the molecule is Cl.c1ccc2c(c1)OCC2NCC1CCNCC1. The molecule has 3 nitrogen and oxygen atoms in total. The number of hydrogen-bond donors (Lipinski definition) is 2. The third-order valence-corrected chi connectivity index (χ3v) is 3.81. The zero-order valence-corrected chi connectivity index (χ0v) is 11.3. The van der Waals surface area contributed by atoms with Gasteiger partial charge in [0.25, 0.3) is 0 Å². The number of ether oxygens (including phenoxy) is 1. The topological polar surface area (TPSA) is 33.3 Å². The maximum absolute atomic E-state index is 5.68. The molecule has 1 aromatic carbocycles. The summed E-state index contributed by atoms with van der Waals surface area (Å²) in [7, 11) is 0. The van der Waals surface area contributed by atoms with Crippen LogP contribution in [0.5, 0.6) is 5.75 Å². The van der Waals surface area contributed by atoms with Gasteiger partial charge in [-0.1, -0.05) is 18.2 Å². The molecule has 0 amide bonds. The highest BCUT2D eigenvalue weighted by molar-refractivity contribution is 5.85. The van der Waals surface area contributed by atoms with Crippen LogP contribution in [0.4, 0.5) is 0 Å². The number of piperidine rings is 1. The molecule has 1 saturated heterocycles. The summed E-state index contributed by atoms with van der Waals surface area (Å²) in [5.41, 5.74) is 1.32. The van der Waals surface area contributed by atoms with E-state index in [1.165, 1.54) is 31.5 Å². The summed E-state index contributed by atoms with van der Waals surface area (Å²) < 4.78 is 5.68. The highest BCUT2D eigenvalue weighted by Gasteiger charge is 2.24. The second-order valence-electron chi connectivity index (χ2n) is 5.00. The predicted octanol–water partition coefficient (Wildman–Crippen LogP) is 2.13. The van der Waals surface area contributed by atoms with E-state index in [2.05, 4.69) is 28.8 Å². The van der Waals surface area contributed by atoms with Crippen molar-refractivity contribution in [1.82, 2.24) is 10.6 Å². The molecule has 0 spiro atoms. The summed E-state index contributed by atoms with van der Waals surface area (Å²) in [6.07, 6.45) is 2.59. The Labute approximate surface area is 115 Å². The number of rotatable bonds is 3. The molecule has 100 valence electrons. The Bertz CT molecular complexity index is 380. The molecule has 1 atom stereocenters. The van der Waals surface area contributed by atoms with Gasteiger partial charge in [-0.2, -0.15) is 0 Å². The van der Waals surface area contributed by atoms with Crippen LogP contribution in [-0.2, 0) is 0 Å². The Morgan fingerprint density at radius 3 is 2.83 bits per heavy atom. The first-order valence-corrected chi connectivity index (χ1v) is 6.59. The standard InChI is InChI=1S/C14H20N2O.ClH/c1-2-4-14-12(3-1)13(10-17-14)16-9-11-5-7-15-8-6-11;/h1-4,11,13,15-16H,5-10H2;1H. The molecule has 0 radical (unpaired) electrons. The average Bonchev–Trinajstić information content (AvgIpc) is 2.81. The van der Waals surface area contributed by atoms with E-state index in [9.17, 15) is 0 Å². The van der Waals surface area contributed by atoms with Crippen LogP contribution in [0.15, 0.2) is 24.3 Å². The Balaban J connectivity index is 0.00000120. The van der Waals surface area contributed by atoms with Crippen LogP contribution in [0.25, 0.3) is 0 Å². The zero-order valence-electron chi connectivity index (χ0n) is 10.5. The summed E-state index contributed by atoms with van der Waals surface area (Å²) >= 11 is 0. The van der Waals surface area contributed by atoms with Gasteiger partial charge in [0.1, 0.15) is 12.4 Å². The zero-order chi connectivity index (χ0) is 11.5. The first kappa shape index (κ1) is 13.7. The summed E-state index contributed by atoms with van der Waals surface area (Å²) in [6, 6.07) is 8.74. The van der Waals surface area contributed by atoms with Crippen molar-refractivity contribution in [2.75, 3.05) is 26.2 Å². The van der Waals surface area contributed by atoms with Crippen LogP contribution in [0.1, 0.15) is 24.4 Å². The van der Waals surface area contributed by atoms with Gasteiger partial charge in [0.2, 0.25) is 0 Å². The second-order valence-corrected chi connectivity index (χ2v) is 5.00. The van der Waals surface area contributed by atoms with E-state index >= 15 is 0 Å². The van der Waals surface area contributed by atoms with E-state index in [1.807, 2.05) is 6.07 Å². The Morgan fingerprint density at radius 1 is 1.22 bits per heavy atom. The molecular weight excluding hydrogens is 248 g/mol. The maximum Gasteiger partial charge on any atom is 0.124 e. The predicted molar refractivity (Wildman–Crippen MR) is 75.5 cm³/mol. The first-order valence-electron chi connectivity index (χ1n) is 6.59. The first-order chi connectivity index (χ1) is 8.43. The van der Waals surface area contributed by atoms with Crippen LogP contribution >= 0.6 is 12.4 Å². The molecule has 0 aliphatic carbocycles. The minimum Gasteiger partial charge on any atom is -0.491 e. The van der Waals surface area contributed by atoms with Gasteiger partial charge in [0.15, 0.2) is 0 Å². The van der Waals surface area contributed by atoms with Gasteiger partial charge in [-0.25, -0.2) is 0 Å². The van der Waals surface area contributed by atoms with Crippen molar-refractivity contribution in [3.63, 3.8) is 0 Å². The fourth-order valence-corrected chi connectivity index (χ4v) is 2.73. The van der Waals surface area contributed by atoms with Crippen molar-refractivity contribution in [2.45, 2.75) is 18.9 Å². The molecule has 1 aromatic rings. The third-order valence-electron chi connectivity index (χ3n) is 3.81. The van der Waals surface area contributed by atoms with Gasteiger partial charge >= 0.3 is 0 Å². The van der Waals surface area contributed by atoms with Crippen molar-refractivity contribution in [3.05, 3.63) is 29.8 Å². The molecule has 2 heterocycles. The Morgan fingerprint density at radius 2 is 2.00 bits per heavy atom. The minimum absolute atomic E-state index is 0. The summed E-state index contributed by atoms with van der Waals surface area (Å²) in [5, 5.41) is 7.06. The van der Waals surface area contributed by atoms with Crippen LogP contribution in [0.2, 0.25) is 0 Å². The number of nitrogens with one attached hydrogen (secondary N) is 2. The molecule has 0 bridgehead atoms. The molecule has 0 aromatic heterocycles. The van der Waals surface area contributed by atoms with Crippen molar-refractivity contribution in [1.29, 1.82) is 0 Å². The number of hydrogen-bond acceptors (Lipinski definition) is 3. The van der Waals surface area contributed by atoms with E-state index in [0.29, 0.717) is 6.04 Å². The van der Waals surface area contributed by atoms with Gasteiger partial charge in [-0.05, 0) is 44.5 Å². The molecule has 2 N–H and O–H groups in total. The molecule has 3 rings (SSSR count).